The Labute approximate surface area is 76.3 Å². The van der Waals surface area contributed by atoms with Crippen LogP contribution in [0.25, 0.3) is 0 Å². The number of hydrogen-bond acceptors (Lipinski definition) is 2. The zero-order valence-corrected chi connectivity index (χ0v) is 7.69. The van der Waals surface area contributed by atoms with E-state index in [9.17, 15) is 13.6 Å². The summed E-state index contributed by atoms with van der Waals surface area (Å²) < 4.78 is 30.9. The van der Waals surface area contributed by atoms with Crippen LogP contribution in [0, 0.1) is 5.92 Å². The number of halogens is 2. The highest BCUT2D eigenvalue weighted by molar-refractivity contribution is 5.73. The van der Waals surface area contributed by atoms with Crippen LogP contribution in [-0.2, 0) is 9.53 Å². The van der Waals surface area contributed by atoms with Crippen LogP contribution in [0.15, 0.2) is 0 Å². The number of carbonyl (C=O) groups is 1. The van der Waals surface area contributed by atoms with Gasteiger partial charge in [0.25, 0.3) is 5.92 Å². The van der Waals surface area contributed by atoms with Gasteiger partial charge in [0.1, 0.15) is 5.92 Å². The van der Waals surface area contributed by atoms with E-state index in [1.54, 1.807) is 6.92 Å². The molecule has 0 aliphatic heterocycles. The lowest BCUT2D eigenvalue weighted by Gasteiger charge is -2.29. The normalized spacial score (nSPS) is 26.8. The summed E-state index contributed by atoms with van der Waals surface area (Å²) in [5.74, 6) is -4.81. The maximum Gasteiger partial charge on any atom is 0.315 e. The average molecular weight is 192 g/mol. The lowest BCUT2D eigenvalue weighted by molar-refractivity contribution is -0.168. The lowest BCUT2D eigenvalue weighted by Crippen LogP contribution is -2.38. The van der Waals surface area contributed by atoms with Crippen molar-refractivity contribution in [2.45, 2.75) is 38.5 Å². The SMILES string of the molecule is CCOC(=O)[C@@H]1CCCCC1(F)F. The van der Waals surface area contributed by atoms with Gasteiger partial charge in [-0.25, -0.2) is 8.78 Å². The molecule has 1 aliphatic rings. The van der Waals surface area contributed by atoms with Crippen molar-refractivity contribution in [2.75, 3.05) is 6.61 Å². The van der Waals surface area contributed by atoms with Crippen molar-refractivity contribution in [3.05, 3.63) is 0 Å². The largest absolute Gasteiger partial charge is 0.466 e. The summed E-state index contributed by atoms with van der Waals surface area (Å²) in [6, 6.07) is 0. The Balaban J connectivity index is 2.59. The summed E-state index contributed by atoms with van der Waals surface area (Å²) in [7, 11) is 0. The van der Waals surface area contributed by atoms with Crippen molar-refractivity contribution >= 4 is 5.97 Å². The van der Waals surface area contributed by atoms with Gasteiger partial charge in [-0.05, 0) is 19.8 Å². The molecular formula is C9H14F2O2. The first kappa shape index (κ1) is 10.4. The van der Waals surface area contributed by atoms with Crippen molar-refractivity contribution in [1.82, 2.24) is 0 Å². The molecule has 0 bridgehead atoms. The van der Waals surface area contributed by atoms with Crippen molar-refractivity contribution in [3.8, 4) is 0 Å². The lowest BCUT2D eigenvalue weighted by atomic mass is 9.86. The summed E-state index contributed by atoms with van der Waals surface area (Å²) in [6.45, 7) is 1.80. The van der Waals surface area contributed by atoms with Gasteiger partial charge in [0, 0.05) is 6.42 Å². The highest BCUT2D eigenvalue weighted by Gasteiger charge is 2.46. The number of esters is 1. The van der Waals surface area contributed by atoms with Gasteiger partial charge in [0.2, 0.25) is 0 Å². The molecule has 2 nitrogen and oxygen atoms in total. The summed E-state index contributed by atoms with van der Waals surface area (Å²) in [5.41, 5.74) is 0. The Morgan fingerprint density at radius 2 is 2.23 bits per heavy atom. The molecule has 0 N–H and O–H groups in total. The second kappa shape index (κ2) is 4.03. The molecule has 0 unspecified atom stereocenters. The van der Waals surface area contributed by atoms with Crippen LogP contribution in [-0.4, -0.2) is 18.5 Å². The molecule has 0 aromatic carbocycles. The van der Waals surface area contributed by atoms with Crippen LogP contribution >= 0.6 is 0 Å². The third kappa shape index (κ3) is 2.39. The second-order valence-corrected chi connectivity index (χ2v) is 3.31. The zero-order valence-electron chi connectivity index (χ0n) is 7.69. The highest BCUT2D eigenvalue weighted by Crippen LogP contribution is 2.38. The van der Waals surface area contributed by atoms with Crippen LogP contribution < -0.4 is 0 Å². The van der Waals surface area contributed by atoms with E-state index in [0.29, 0.717) is 12.8 Å². The van der Waals surface area contributed by atoms with Crippen LogP contribution in [0.1, 0.15) is 32.6 Å². The van der Waals surface area contributed by atoms with Gasteiger partial charge in [-0.2, -0.15) is 0 Å². The molecule has 0 aromatic heterocycles. The molecule has 0 radical (unpaired) electrons. The van der Waals surface area contributed by atoms with Crippen molar-refractivity contribution < 1.29 is 18.3 Å². The first-order valence-corrected chi connectivity index (χ1v) is 4.62. The van der Waals surface area contributed by atoms with Crippen LogP contribution in [0.2, 0.25) is 0 Å². The number of ether oxygens (including phenoxy) is 1. The second-order valence-electron chi connectivity index (χ2n) is 3.31. The van der Waals surface area contributed by atoms with E-state index < -0.39 is 17.8 Å². The molecule has 0 amide bonds. The van der Waals surface area contributed by atoms with Gasteiger partial charge >= 0.3 is 5.97 Å². The van der Waals surface area contributed by atoms with Gasteiger partial charge in [-0.15, -0.1) is 0 Å². The van der Waals surface area contributed by atoms with Gasteiger partial charge in [0.15, 0.2) is 0 Å². The molecular weight excluding hydrogens is 178 g/mol. The predicted octanol–water partition coefficient (Wildman–Crippen LogP) is 2.38. The maximum absolute atomic E-state index is 13.1. The number of carbonyl (C=O) groups excluding carboxylic acids is 1. The van der Waals surface area contributed by atoms with E-state index in [2.05, 4.69) is 4.74 Å². The molecule has 1 fully saturated rings. The van der Waals surface area contributed by atoms with E-state index in [1.807, 2.05) is 0 Å². The third-order valence-electron chi connectivity index (χ3n) is 2.33. The molecule has 76 valence electrons. The molecule has 1 aliphatic carbocycles. The fraction of sp³-hybridized carbons (Fsp3) is 0.889. The van der Waals surface area contributed by atoms with Gasteiger partial charge in [-0.3, -0.25) is 4.79 Å². The van der Waals surface area contributed by atoms with E-state index in [4.69, 9.17) is 0 Å². The molecule has 0 saturated heterocycles. The van der Waals surface area contributed by atoms with E-state index in [0.717, 1.165) is 0 Å². The molecule has 1 saturated carbocycles. The van der Waals surface area contributed by atoms with E-state index >= 15 is 0 Å². The Morgan fingerprint density at radius 1 is 1.54 bits per heavy atom. The average Bonchev–Trinajstić information content (AvgIpc) is 2.03. The smallest absolute Gasteiger partial charge is 0.315 e. The quantitative estimate of drug-likeness (QED) is 0.628. The van der Waals surface area contributed by atoms with Crippen LogP contribution in [0.4, 0.5) is 8.78 Å². The Morgan fingerprint density at radius 3 is 2.77 bits per heavy atom. The fourth-order valence-corrected chi connectivity index (χ4v) is 1.63. The number of alkyl halides is 2. The summed E-state index contributed by atoms with van der Waals surface area (Å²) in [4.78, 5) is 11.1. The molecule has 0 spiro atoms. The minimum atomic E-state index is -2.86. The van der Waals surface area contributed by atoms with Crippen LogP contribution in [0.3, 0.4) is 0 Å². The number of rotatable bonds is 2. The maximum atomic E-state index is 13.1. The molecule has 0 aromatic rings. The standard InChI is InChI=1S/C9H14F2O2/c1-2-13-8(12)7-5-3-4-6-9(7,10)11/h7H,2-6H2,1H3/t7-/m0/s1. The predicted molar refractivity (Wildman–Crippen MR) is 43.5 cm³/mol. The Bertz CT molecular complexity index is 192. The van der Waals surface area contributed by atoms with Crippen molar-refractivity contribution in [2.24, 2.45) is 5.92 Å². The minimum Gasteiger partial charge on any atom is -0.466 e. The molecule has 1 atom stereocenters. The summed E-state index contributed by atoms with van der Waals surface area (Å²) in [6.07, 6.45) is 1.27. The van der Waals surface area contributed by atoms with Crippen LogP contribution in [0.5, 0.6) is 0 Å². The van der Waals surface area contributed by atoms with Crippen molar-refractivity contribution in [1.29, 1.82) is 0 Å². The van der Waals surface area contributed by atoms with E-state index in [1.165, 1.54) is 0 Å². The van der Waals surface area contributed by atoms with Gasteiger partial charge < -0.3 is 4.74 Å². The molecule has 0 heterocycles. The molecule has 13 heavy (non-hydrogen) atoms. The highest BCUT2D eigenvalue weighted by atomic mass is 19.3. The third-order valence-corrected chi connectivity index (χ3v) is 2.33. The van der Waals surface area contributed by atoms with Gasteiger partial charge in [0.05, 0.1) is 6.61 Å². The van der Waals surface area contributed by atoms with E-state index in [-0.39, 0.29) is 19.4 Å². The summed E-state index contributed by atoms with van der Waals surface area (Å²) in [5, 5.41) is 0. The fourth-order valence-electron chi connectivity index (χ4n) is 1.63. The first-order valence-electron chi connectivity index (χ1n) is 4.62. The topological polar surface area (TPSA) is 26.3 Å². The Kier molecular flexibility index (Phi) is 3.22. The molecule has 4 heteroatoms. The minimum absolute atomic E-state index is 0.172. The number of hydrogen-bond donors (Lipinski definition) is 0. The zero-order chi connectivity index (χ0) is 9.90. The summed E-state index contributed by atoms with van der Waals surface area (Å²) >= 11 is 0. The van der Waals surface area contributed by atoms with Crippen molar-refractivity contribution in [3.63, 3.8) is 0 Å². The van der Waals surface area contributed by atoms with Gasteiger partial charge in [-0.1, -0.05) is 6.42 Å². The monoisotopic (exact) mass is 192 g/mol. The Hall–Kier alpha value is -0.670. The first-order chi connectivity index (χ1) is 6.08. The molecule has 1 rings (SSSR count).